The molecule has 30 heavy (non-hydrogen) atoms. The monoisotopic (exact) mass is 411 g/mol. The van der Waals surface area contributed by atoms with E-state index in [9.17, 15) is 4.79 Å². The number of nitrogens with zero attached hydrogens (tertiary/aromatic N) is 1. The van der Waals surface area contributed by atoms with Gasteiger partial charge in [0.2, 0.25) is 0 Å². The Morgan fingerprint density at radius 2 is 1.73 bits per heavy atom. The number of urea groups is 1. The quantitative estimate of drug-likeness (QED) is 0.725. The zero-order chi connectivity index (χ0) is 21.7. The molecular formula is C24H33N3O3. The molecule has 0 radical (unpaired) electrons. The predicted octanol–water partition coefficient (Wildman–Crippen LogP) is 3.90. The normalized spacial score (nSPS) is 17.2. The summed E-state index contributed by atoms with van der Waals surface area (Å²) in [5, 5.41) is 6.07. The van der Waals surface area contributed by atoms with E-state index in [4.69, 9.17) is 9.47 Å². The third-order valence-electron chi connectivity index (χ3n) is 5.51. The number of carbonyl (C=O) groups excluding carboxylic acids is 1. The summed E-state index contributed by atoms with van der Waals surface area (Å²) >= 11 is 0. The molecule has 0 spiro atoms. The molecule has 0 saturated carbocycles. The molecule has 2 amide bonds. The third kappa shape index (κ3) is 5.05. The second-order valence-electron chi connectivity index (χ2n) is 8.12. The molecule has 6 heteroatoms. The Kier molecular flexibility index (Phi) is 7.21. The van der Waals surface area contributed by atoms with E-state index in [1.807, 2.05) is 19.9 Å². The van der Waals surface area contributed by atoms with Gasteiger partial charge in [0.15, 0.2) is 11.5 Å². The minimum Gasteiger partial charge on any atom is -0.493 e. The molecule has 0 bridgehead atoms. The molecule has 2 aromatic rings. The van der Waals surface area contributed by atoms with Crippen LogP contribution in [0.4, 0.5) is 4.79 Å². The van der Waals surface area contributed by atoms with Gasteiger partial charge in [-0.2, -0.15) is 0 Å². The van der Waals surface area contributed by atoms with Crippen molar-refractivity contribution in [2.24, 2.45) is 0 Å². The first-order valence-corrected chi connectivity index (χ1v) is 10.5. The lowest BCUT2D eigenvalue weighted by Crippen LogP contribution is -2.50. The molecule has 0 saturated heterocycles. The molecule has 2 atom stereocenters. The summed E-state index contributed by atoms with van der Waals surface area (Å²) in [6.45, 7) is 7.70. The number of benzene rings is 2. The first-order valence-electron chi connectivity index (χ1n) is 10.5. The largest absolute Gasteiger partial charge is 0.493 e. The van der Waals surface area contributed by atoms with Crippen molar-refractivity contribution in [3.8, 4) is 11.5 Å². The van der Waals surface area contributed by atoms with Gasteiger partial charge < -0.3 is 20.1 Å². The average molecular weight is 412 g/mol. The minimum absolute atomic E-state index is 0.0201. The molecule has 0 fully saturated rings. The van der Waals surface area contributed by atoms with Crippen molar-refractivity contribution < 1.29 is 14.3 Å². The third-order valence-corrected chi connectivity index (χ3v) is 5.51. The lowest BCUT2D eigenvalue weighted by molar-refractivity contribution is 0.143. The number of fused-ring (bicyclic) bond motifs is 1. The van der Waals surface area contributed by atoms with Crippen LogP contribution < -0.4 is 20.1 Å². The van der Waals surface area contributed by atoms with Gasteiger partial charge in [-0.25, -0.2) is 4.79 Å². The van der Waals surface area contributed by atoms with Gasteiger partial charge >= 0.3 is 6.03 Å². The van der Waals surface area contributed by atoms with E-state index in [0.717, 1.165) is 25.3 Å². The second kappa shape index (κ2) is 9.85. The van der Waals surface area contributed by atoms with E-state index >= 15 is 0 Å². The molecule has 3 rings (SSSR count). The lowest BCUT2D eigenvalue weighted by atomic mass is 9.87. The summed E-state index contributed by atoms with van der Waals surface area (Å²) in [6, 6.07) is 14.4. The Bertz CT molecular complexity index is 854. The van der Waals surface area contributed by atoms with E-state index in [1.54, 1.807) is 14.2 Å². The predicted molar refractivity (Wildman–Crippen MR) is 119 cm³/mol. The Hall–Kier alpha value is -2.73. The smallest absolute Gasteiger partial charge is 0.315 e. The van der Waals surface area contributed by atoms with Crippen LogP contribution in [-0.2, 0) is 13.0 Å². The van der Waals surface area contributed by atoms with Gasteiger partial charge in [0.25, 0.3) is 0 Å². The van der Waals surface area contributed by atoms with Crippen LogP contribution in [0.1, 0.15) is 43.5 Å². The molecule has 0 aliphatic carbocycles. The molecule has 6 nitrogen and oxygen atoms in total. The molecule has 1 heterocycles. The van der Waals surface area contributed by atoms with Crippen LogP contribution in [0, 0.1) is 0 Å². The number of nitrogens with one attached hydrogen (secondary N) is 2. The van der Waals surface area contributed by atoms with Gasteiger partial charge in [0.05, 0.1) is 20.3 Å². The topological polar surface area (TPSA) is 62.8 Å². The Labute approximate surface area is 179 Å². The van der Waals surface area contributed by atoms with Crippen LogP contribution in [-0.4, -0.2) is 43.8 Å². The minimum atomic E-state index is -0.148. The van der Waals surface area contributed by atoms with E-state index in [0.29, 0.717) is 5.75 Å². The highest BCUT2D eigenvalue weighted by Gasteiger charge is 2.33. The molecule has 1 aliphatic heterocycles. The van der Waals surface area contributed by atoms with Gasteiger partial charge in [-0.15, -0.1) is 0 Å². The van der Waals surface area contributed by atoms with Crippen molar-refractivity contribution in [2.75, 3.05) is 20.8 Å². The fraction of sp³-hybridized carbons (Fsp3) is 0.458. The lowest BCUT2D eigenvalue weighted by Gasteiger charge is -2.41. The van der Waals surface area contributed by atoms with Crippen LogP contribution in [0.25, 0.3) is 0 Å². The zero-order valence-electron chi connectivity index (χ0n) is 18.6. The highest BCUT2D eigenvalue weighted by molar-refractivity contribution is 5.74. The number of ether oxygens (including phenoxy) is 2. The van der Waals surface area contributed by atoms with E-state index in [-0.39, 0.29) is 24.2 Å². The zero-order valence-corrected chi connectivity index (χ0v) is 18.6. The highest BCUT2D eigenvalue weighted by Crippen LogP contribution is 2.40. The SMILES string of the molecule is COc1cc2c(cc1OC)[C@@H]([C@H](C)NC(=O)NC(C)C)N(Cc1ccccc1)CC2. The summed E-state index contributed by atoms with van der Waals surface area (Å²) in [7, 11) is 3.31. The van der Waals surface area contributed by atoms with Crippen LogP contribution >= 0.6 is 0 Å². The summed E-state index contributed by atoms with van der Waals surface area (Å²) in [4.78, 5) is 14.9. The first kappa shape index (κ1) is 22.0. The number of carbonyl (C=O) groups is 1. The fourth-order valence-electron chi connectivity index (χ4n) is 4.20. The fourth-order valence-corrected chi connectivity index (χ4v) is 4.20. The molecule has 2 N–H and O–H groups in total. The summed E-state index contributed by atoms with van der Waals surface area (Å²) < 4.78 is 11.1. The van der Waals surface area contributed by atoms with Crippen LogP contribution in [0.2, 0.25) is 0 Å². The van der Waals surface area contributed by atoms with Gasteiger partial charge in [-0.1, -0.05) is 30.3 Å². The number of rotatable bonds is 7. The summed E-state index contributed by atoms with van der Waals surface area (Å²) in [5.74, 6) is 1.45. The van der Waals surface area contributed by atoms with Crippen molar-refractivity contribution in [3.05, 3.63) is 59.2 Å². The Morgan fingerprint density at radius 3 is 2.37 bits per heavy atom. The van der Waals surface area contributed by atoms with Crippen LogP contribution in [0.5, 0.6) is 11.5 Å². The molecule has 2 aromatic carbocycles. The summed E-state index contributed by atoms with van der Waals surface area (Å²) in [6.07, 6.45) is 0.921. The number of hydrogen-bond donors (Lipinski definition) is 2. The maximum atomic E-state index is 12.4. The van der Waals surface area contributed by atoms with Crippen molar-refractivity contribution >= 4 is 6.03 Å². The van der Waals surface area contributed by atoms with E-state index < -0.39 is 0 Å². The van der Waals surface area contributed by atoms with E-state index in [2.05, 4.69) is 58.9 Å². The van der Waals surface area contributed by atoms with Crippen molar-refractivity contribution in [2.45, 2.75) is 51.9 Å². The number of amides is 2. The van der Waals surface area contributed by atoms with Gasteiger partial charge in [-0.3, -0.25) is 4.90 Å². The van der Waals surface area contributed by atoms with Gasteiger partial charge in [0.1, 0.15) is 0 Å². The number of methoxy groups -OCH3 is 2. The molecule has 162 valence electrons. The standard InChI is InChI=1S/C24H33N3O3/c1-16(2)25-24(28)26-17(3)23-20-14-22(30-5)21(29-4)13-19(20)11-12-27(23)15-18-9-7-6-8-10-18/h6-10,13-14,16-17,23H,11-12,15H2,1-5H3,(H2,25,26,28)/t17-,23+/m0/s1. The maximum absolute atomic E-state index is 12.4. The summed E-state index contributed by atoms with van der Waals surface area (Å²) in [5.41, 5.74) is 3.66. The Balaban J connectivity index is 1.95. The molecule has 1 aliphatic rings. The Morgan fingerprint density at radius 1 is 1.07 bits per heavy atom. The van der Waals surface area contributed by atoms with Crippen molar-refractivity contribution in [1.29, 1.82) is 0 Å². The van der Waals surface area contributed by atoms with Crippen LogP contribution in [0.15, 0.2) is 42.5 Å². The molecule has 0 aromatic heterocycles. The van der Waals surface area contributed by atoms with Crippen molar-refractivity contribution in [3.63, 3.8) is 0 Å². The van der Waals surface area contributed by atoms with Crippen molar-refractivity contribution in [1.82, 2.24) is 15.5 Å². The molecule has 0 unspecified atom stereocenters. The average Bonchev–Trinajstić information content (AvgIpc) is 2.72. The van der Waals surface area contributed by atoms with Crippen LogP contribution in [0.3, 0.4) is 0 Å². The second-order valence-corrected chi connectivity index (χ2v) is 8.12. The van der Waals surface area contributed by atoms with Gasteiger partial charge in [0, 0.05) is 25.2 Å². The highest BCUT2D eigenvalue weighted by atomic mass is 16.5. The number of hydrogen-bond acceptors (Lipinski definition) is 4. The van der Waals surface area contributed by atoms with Gasteiger partial charge in [-0.05, 0) is 56.0 Å². The van der Waals surface area contributed by atoms with E-state index in [1.165, 1.54) is 16.7 Å². The first-order chi connectivity index (χ1) is 14.4. The molecular weight excluding hydrogens is 378 g/mol. The maximum Gasteiger partial charge on any atom is 0.315 e.